The van der Waals surface area contributed by atoms with Gasteiger partial charge in [-0.25, -0.2) is 9.37 Å². The molecule has 0 aliphatic carbocycles. The zero-order valence-electron chi connectivity index (χ0n) is 11.0. The minimum absolute atomic E-state index is 0.0229. The Hall–Kier alpha value is -1.71. The number of rotatable bonds is 4. The van der Waals surface area contributed by atoms with Gasteiger partial charge in [-0.15, -0.1) is 9.42 Å². The molecule has 118 valence electrons. The van der Waals surface area contributed by atoms with Crippen molar-refractivity contribution in [1.82, 2.24) is 14.5 Å². The number of aromatic amines is 1. The van der Waals surface area contributed by atoms with Crippen molar-refractivity contribution in [1.29, 1.82) is 0 Å². The molecular weight excluding hydrogens is 320 g/mol. The summed E-state index contributed by atoms with van der Waals surface area (Å²) in [6.07, 6.45) is 0.268. The van der Waals surface area contributed by atoms with Crippen LogP contribution in [-0.2, 0) is 13.8 Å². The third-order valence-corrected chi connectivity index (χ3v) is 3.90. The van der Waals surface area contributed by atoms with E-state index in [1.807, 2.05) is 0 Å². The molecule has 2 aromatic heterocycles. The number of fused-ring (bicyclic) bond motifs is 1. The molecular formula is C11H12FN3O6P+. The van der Waals surface area contributed by atoms with Gasteiger partial charge in [0.1, 0.15) is 24.2 Å². The molecule has 1 aliphatic heterocycles. The molecule has 11 heteroatoms. The second-order valence-corrected chi connectivity index (χ2v) is 5.51. The first-order valence-electron chi connectivity index (χ1n) is 6.31. The molecule has 0 bridgehead atoms. The van der Waals surface area contributed by atoms with Crippen molar-refractivity contribution < 1.29 is 28.2 Å². The third-order valence-electron chi connectivity index (χ3n) is 3.53. The second kappa shape index (κ2) is 5.82. The molecule has 0 spiro atoms. The monoisotopic (exact) mass is 332 g/mol. The number of aromatic nitrogens is 3. The Morgan fingerprint density at radius 1 is 1.64 bits per heavy atom. The van der Waals surface area contributed by atoms with Gasteiger partial charge in [-0.2, -0.15) is 0 Å². The van der Waals surface area contributed by atoms with E-state index in [2.05, 4.69) is 14.5 Å². The maximum absolute atomic E-state index is 13.9. The van der Waals surface area contributed by atoms with Crippen LogP contribution in [0.2, 0.25) is 0 Å². The normalized spacial score (nSPS) is 25.8. The van der Waals surface area contributed by atoms with Crippen LogP contribution in [0.15, 0.2) is 17.3 Å². The SMILES string of the molecule is O=c1[nH]cnc2c1c(F)cn2C1COC(CO[P+](=O)O)[C@H]1O. The van der Waals surface area contributed by atoms with Crippen LogP contribution in [0, 0.1) is 5.82 Å². The van der Waals surface area contributed by atoms with E-state index < -0.39 is 37.9 Å². The summed E-state index contributed by atoms with van der Waals surface area (Å²) in [7, 11) is -2.80. The molecule has 1 aliphatic rings. The van der Waals surface area contributed by atoms with Gasteiger partial charge < -0.3 is 19.4 Å². The maximum atomic E-state index is 13.9. The Kier molecular flexibility index (Phi) is 4.02. The summed E-state index contributed by atoms with van der Waals surface area (Å²) in [5, 5.41) is 10.0. The van der Waals surface area contributed by atoms with Gasteiger partial charge in [0.05, 0.1) is 19.0 Å². The smallest absolute Gasteiger partial charge is 0.388 e. The lowest BCUT2D eigenvalue weighted by molar-refractivity contribution is 0.00829. The van der Waals surface area contributed by atoms with Gasteiger partial charge in [0, 0.05) is 10.8 Å². The maximum Gasteiger partial charge on any atom is 0.694 e. The molecule has 3 unspecified atom stereocenters. The summed E-state index contributed by atoms with van der Waals surface area (Å²) < 4.78 is 35.6. The number of hydrogen-bond donors (Lipinski definition) is 3. The number of ether oxygens (including phenoxy) is 1. The predicted octanol–water partition coefficient (Wildman–Crippen LogP) is -0.169. The van der Waals surface area contributed by atoms with E-state index in [1.165, 1.54) is 4.57 Å². The molecule has 22 heavy (non-hydrogen) atoms. The van der Waals surface area contributed by atoms with Crippen LogP contribution < -0.4 is 5.56 Å². The zero-order chi connectivity index (χ0) is 15.9. The molecule has 3 rings (SSSR count). The zero-order valence-corrected chi connectivity index (χ0v) is 11.9. The van der Waals surface area contributed by atoms with Crippen LogP contribution in [-0.4, -0.2) is 50.0 Å². The lowest BCUT2D eigenvalue weighted by Crippen LogP contribution is -2.31. The van der Waals surface area contributed by atoms with E-state index in [4.69, 9.17) is 9.63 Å². The van der Waals surface area contributed by atoms with Crippen LogP contribution in [0.4, 0.5) is 4.39 Å². The van der Waals surface area contributed by atoms with Crippen molar-refractivity contribution in [2.24, 2.45) is 0 Å². The molecule has 2 aromatic rings. The number of aliphatic hydroxyl groups is 1. The van der Waals surface area contributed by atoms with E-state index in [0.29, 0.717) is 0 Å². The van der Waals surface area contributed by atoms with Gasteiger partial charge in [0.15, 0.2) is 11.5 Å². The molecule has 3 heterocycles. The minimum Gasteiger partial charge on any atom is -0.388 e. The Bertz CT molecular complexity index is 777. The van der Waals surface area contributed by atoms with E-state index in [1.54, 1.807) is 0 Å². The highest BCUT2D eigenvalue weighted by atomic mass is 31.1. The van der Waals surface area contributed by atoms with E-state index in [9.17, 15) is 18.9 Å². The van der Waals surface area contributed by atoms with Crippen LogP contribution in [0.5, 0.6) is 0 Å². The number of hydrogen-bond acceptors (Lipinski definition) is 6. The molecule has 0 saturated carbocycles. The van der Waals surface area contributed by atoms with Crippen molar-refractivity contribution >= 4 is 19.3 Å². The Labute approximate surface area is 123 Å². The fourth-order valence-electron chi connectivity index (χ4n) is 2.50. The van der Waals surface area contributed by atoms with Gasteiger partial charge in [0.2, 0.25) is 0 Å². The first kappa shape index (κ1) is 15.2. The minimum atomic E-state index is -2.80. The molecule has 4 atom stereocenters. The van der Waals surface area contributed by atoms with Crippen LogP contribution >= 0.6 is 8.25 Å². The number of nitrogens with one attached hydrogen (secondary N) is 1. The summed E-state index contributed by atoms with van der Waals surface area (Å²) in [6, 6.07) is -0.688. The first-order chi connectivity index (χ1) is 10.5. The summed E-state index contributed by atoms with van der Waals surface area (Å²) in [5.74, 6) is -0.755. The Balaban J connectivity index is 1.91. The van der Waals surface area contributed by atoms with Crippen molar-refractivity contribution in [3.05, 3.63) is 28.7 Å². The third kappa shape index (κ3) is 2.55. The number of H-pyrrole nitrogens is 1. The van der Waals surface area contributed by atoms with Crippen LogP contribution in [0.25, 0.3) is 11.0 Å². The molecule has 0 aromatic carbocycles. The predicted molar refractivity (Wildman–Crippen MR) is 70.9 cm³/mol. The fourth-order valence-corrected chi connectivity index (χ4v) is 2.77. The summed E-state index contributed by atoms with van der Waals surface area (Å²) in [5.41, 5.74) is -0.532. The van der Waals surface area contributed by atoms with Gasteiger partial charge in [-0.05, 0) is 0 Å². The van der Waals surface area contributed by atoms with Crippen LogP contribution in [0.1, 0.15) is 6.04 Å². The van der Waals surface area contributed by atoms with Crippen molar-refractivity contribution in [3.63, 3.8) is 0 Å². The second-order valence-electron chi connectivity index (χ2n) is 4.78. The lowest BCUT2D eigenvalue weighted by atomic mass is 10.1. The average molecular weight is 332 g/mol. The largest absolute Gasteiger partial charge is 0.694 e. The van der Waals surface area contributed by atoms with Gasteiger partial charge in [-0.1, -0.05) is 0 Å². The fraction of sp³-hybridized carbons (Fsp3) is 0.455. The molecule has 1 saturated heterocycles. The Morgan fingerprint density at radius 2 is 2.41 bits per heavy atom. The molecule has 3 N–H and O–H groups in total. The Morgan fingerprint density at radius 3 is 3.14 bits per heavy atom. The molecule has 0 radical (unpaired) electrons. The molecule has 0 amide bonds. The van der Waals surface area contributed by atoms with Gasteiger partial charge in [-0.3, -0.25) is 4.79 Å². The highest BCUT2D eigenvalue weighted by molar-refractivity contribution is 7.32. The summed E-state index contributed by atoms with van der Waals surface area (Å²) in [4.78, 5) is 26.4. The van der Waals surface area contributed by atoms with Crippen molar-refractivity contribution in [2.75, 3.05) is 13.2 Å². The standard InChI is InChI=1S/C11H11FN3O6P/c12-5-1-15(10-8(5)11(17)14-4-13-10)6-2-20-7(9(6)16)3-21-22(18)19/h1,4,6-7,9,16H,2-3H2,(H-,13,14,17,18,19)/p+1/t6?,7?,9-/m0/s1. The van der Waals surface area contributed by atoms with Gasteiger partial charge in [0.25, 0.3) is 5.56 Å². The van der Waals surface area contributed by atoms with E-state index in [0.717, 1.165) is 12.5 Å². The first-order valence-corrected chi connectivity index (χ1v) is 7.44. The highest BCUT2D eigenvalue weighted by Gasteiger charge is 2.40. The number of halogens is 1. The van der Waals surface area contributed by atoms with E-state index in [-0.39, 0.29) is 24.2 Å². The number of aliphatic hydroxyl groups excluding tert-OH is 1. The quantitative estimate of drug-likeness (QED) is 0.663. The summed E-state index contributed by atoms with van der Waals surface area (Å²) >= 11 is 0. The number of nitrogens with zero attached hydrogens (tertiary/aromatic N) is 2. The van der Waals surface area contributed by atoms with Crippen molar-refractivity contribution in [2.45, 2.75) is 18.2 Å². The lowest BCUT2D eigenvalue weighted by Gasteiger charge is -2.17. The van der Waals surface area contributed by atoms with E-state index >= 15 is 0 Å². The average Bonchev–Trinajstić information content (AvgIpc) is 2.98. The topological polar surface area (TPSA) is 127 Å². The molecule has 1 fully saturated rings. The summed E-state index contributed by atoms with van der Waals surface area (Å²) in [6.45, 7) is -0.256. The van der Waals surface area contributed by atoms with Crippen molar-refractivity contribution in [3.8, 4) is 0 Å². The van der Waals surface area contributed by atoms with Crippen LogP contribution in [0.3, 0.4) is 0 Å². The molecule has 9 nitrogen and oxygen atoms in total. The highest BCUT2D eigenvalue weighted by Crippen LogP contribution is 2.30. The van der Waals surface area contributed by atoms with Gasteiger partial charge >= 0.3 is 8.25 Å².